The summed E-state index contributed by atoms with van der Waals surface area (Å²) in [6.07, 6.45) is 28.8. The summed E-state index contributed by atoms with van der Waals surface area (Å²) in [5.74, 6) is -0.273. The van der Waals surface area contributed by atoms with Crippen molar-refractivity contribution in [3.05, 3.63) is 0 Å². The highest BCUT2D eigenvalue weighted by Crippen LogP contribution is 2.13. The quantitative estimate of drug-likeness (QED) is 0.0419. The molecule has 15 heteroatoms. The first-order valence-electron chi connectivity index (χ1n) is 26.9. The number of esters is 2. The zero-order valence-electron chi connectivity index (χ0n) is 43.1. The van der Waals surface area contributed by atoms with Crippen molar-refractivity contribution in [3.63, 3.8) is 0 Å². The van der Waals surface area contributed by atoms with Gasteiger partial charge in [-0.1, -0.05) is 142 Å². The molecular weight excluding hydrogens is 865 g/mol. The van der Waals surface area contributed by atoms with E-state index in [1.54, 1.807) is 0 Å². The molecule has 0 spiro atoms. The number of ether oxygens (including phenoxy) is 13. The Kier molecular flexibility index (Phi) is 59.3. The van der Waals surface area contributed by atoms with Gasteiger partial charge in [0.2, 0.25) is 0 Å². The minimum Gasteiger partial charge on any atom is -0.463 e. The third-order valence-electron chi connectivity index (χ3n) is 10.7. The summed E-state index contributed by atoms with van der Waals surface area (Å²) in [7, 11) is 0. The average Bonchev–Trinajstić information content (AvgIpc) is 3.33. The minimum absolute atomic E-state index is 0.137. The first-order valence-corrected chi connectivity index (χ1v) is 26.9. The molecule has 0 saturated carbocycles. The number of carbonyl (C=O) groups is 2. The van der Waals surface area contributed by atoms with Gasteiger partial charge in [-0.2, -0.15) is 0 Å². The van der Waals surface area contributed by atoms with E-state index in [0.717, 1.165) is 25.7 Å². The van der Waals surface area contributed by atoms with Crippen LogP contribution in [0.3, 0.4) is 0 Å². The lowest BCUT2D eigenvalue weighted by atomic mass is 10.1. The monoisotopic (exact) mass is 967 g/mol. The molecule has 67 heavy (non-hydrogen) atoms. The van der Waals surface area contributed by atoms with E-state index in [0.29, 0.717) is 158 Å². The zero-order valence-corrected chi connectivity index (χ0v) is 43.1. The fraction of sp³-hybridized carbons (Fsp3) is 0.962. The lowest BCUT2D eigenvalue weighted by Crippen LogP contribution is -2.16. The summed E-state index contributed by atoms with van der Waals surface area (Å²) in [6, 6.07) is 0. The fourth-order valence-electron chi connectivity index (χ4n) is 6.74. The summed E-state index contributed by atoms with van der Waals surface area (Å²) in [5.41, 5.74) is 0. The predicted molar refractivity (Wildman–Crippen MR) is 263 cm³/mol. The van der Waals surface area contributed by atoms with E-state index in [-0.39, 0.29) is 25.2 Å². The Morgan fingerprint density at radius 2 is 0.358 bits per heavy atom. The molecule has 0 aliphatic rings. The fourth-order valence-corrected chi connectivity index (χ4v) is 6.74. The Balaban J connectivity index is 3.15. The van der Waals surface area contributed by atoms with Crippen molar-refractivity contribution < 1.29 is 71.2 Å². The maximum Gasteiger partial charge on any atom is 0.305 e. The van der Waals surface area contributed by atoms with Crippen molar-refractivity contribution in [1.29, 1.82) is 0 Å². The van der Waals surface area contributed by atoms with Crippen LogP contribution in [0.25, 0.3) is 0 Å². The highest BCUT2D eigenvalue weighted by Gasteiger charge is 2.05. The molecule has 0 aromatic rings. The van der Waals surface area contributed by atoms with Gasteiger partial charge < -0.3 is 61.6 Å². The molecule has 15 nitrogen and oxygen atoms in total. The molecule has 0 aromatic heterocycles. The van der Waals surface area contributed by atoms with Crippen LogP contribution in [0.1, 0.15) is 168 Å². The highest BCUT2D eigenvalue weighted by molar-refractivity contribution is 5.69. The van der Waals surface area contributed by atoms with Crippen LogP contribution in [-0.2, 0) is 71.2 Å². The Morgan fingerprint density at radius 1 is 0.209 bits per heavy atom. The highest BCUT2D eigenvalue weighted by atomic mass is 16.6. The van der Waals surface area contributed by atoms with Gasteiger partial charge in [-0.25, -0.2) is 0 Å². The first kappa shape index (κ1) is 65.5. The Bertz CT molecular complexity index is 875. The Labute approximate surface area is 408 Å². The van der Waals surface area contributed by atoms with E-state index in [1.807, 2.05) is 0 Å². The van der Waals surface area contributed by atoms with Gasteiger partial charge in [0.05, 0.1) is 145 Å². The summed E-state index contributed by atoms with van der Waals surface area (Å²) < 4.78 is 71.1. The minimum atomic E-state index is -0.137. The molecule has 0 amide bonds. The average molecular weight is 967 g/mol. The summed E-state index contributed by atoms with van der Waals surface area (Å²) in [4.78, 5) is 23.7. The summed E-state index contributed by atoms with van der Waals surface area (Å²) >= 11 is 0. The standard InChI is InChI=1S/C52H102O15/c1-3-5-7-9-11-13-15-17-19-21-23-25-51(53)66-49-47-64-45-43-62-41-39-60-37-35-58-33-31-56-29-27-55-28-30-57-32-34-59-36-38-61-40-42-63-44-46-65-48-50-67-52(54)26-24-22-20-18-16-14-12-10-8-6-4-2/h3-50H2,1-2H3. The maximum atomic E-state index is 11.9. The summed E-state index contributed by atoms with van der Waals surface area (Å²) in [6.45, 7) is 15.5. The van der Waals surface area contributed by atoms with Crippen LogP contribution < -0.4 is 0 Å². The second-order valence-corrected chi connectivity index (χ2v) is 16.7. The van der Waals surface area contributed by atoms with Gasteiger partial charge in [0, 0.05) is 12.8 Å². The lowest BCUT2D eigenvalue weighted by molar-refractivity contribution is -0.146. The van der Waals surface area contributed by atoms with Crippen LogP contribution in [0.5, 0.6) is 0 Å². The van der Waals surface area contributed by atoms with Gasteiger partial charge in [-0.05, 0) is 12.8 Å². The molecular formula is C52H102O15. The molecule has 0 rings (SSSR count). The van der Waals surface area contributed by atoms with Crippen molar-refractivity contribution in [2.24, 2.45) is 0 Å². The van der Waals surface area contributed by atoms with Gasteiger partial charge in [0.15, 0.2) is 0 Å². The number of unbranched alkanes of at least 4 members (excludes halogenated alkanes) is 20. The second-order valence-electron chi connectivity index (χ2n) is 16.7. The molecule has 0 unspecified atom stereocenters. The number of rotatable bonds is 60. The summed E-state index contributed by atoms with van der Waals surface area (Å²) in [5, 5.41) is 0. The number of hydrogen-bond acceptors (Lipinski definition) is 15. The van der Waals surface area contributed by atoms with Gasteiger partial charge in [0.1, 0.15) is 13.2 Å². The number of hydrogen-bond donors (Lipinski definition) is 0. The maximum absolute atomic E-state index is 11.9. The molecule has 0 aromatic carbocycles. The van der Waals surface area contributed by atoms with E-state index in [2.05, 4.69) is 13.8 Å². The second kappa shape index (κ2) is 60.6. The van der Waals surface area contributed by atoms with Crippen molar-refractivity contribution in [2.75, 3.05) is 159 Å². The van der Waals surface area contributed by atoms with Crippen LogP contribution in [0.2, 0.25) is 0 Å². The van der Waals surface area contributed by atoms with E-state index in [4.69, 9.17) is 61.6 Å². The normalized spacial score (nSPS) is 11.5. The molecule has 400 valence electrons. The van der Waals surface area contributed by atoms with Crippen molar-refractivity contribution in [1.82, 2.24) is 0 Å². The van der Waals surface area contributed by atoms with Crippen LogP contribution in [-0.4, -0.2) is 171 Å². The van der Waals surface area contributed by atoms with E-state index >= 15 is 0 Å². The molecule has 0 aliphatic carbocycles. The molecule has 0 bridgehead atoms. The molecule has 0 N–H and O–H groups in total. The Hall–Kier alpha value is -1.50. The number of carbonyl (C=O) groups excluding carboxylic acids is 2. The molecule has 0 atom stereocenters. The van der Waals surface area contributed by atoms with Gasteiger partial charge in [-0.3, -0.25) is 9.59 Å². The smallest absolute Gasteiger partial charge is 0.305 e. The SMILES string of the molecule is CCCCCCCCCCCCCC(=O)OCCOCCOCCOCCOCCOCCOCCOCCOCCOCCOCCOCCOC(=O)CCCCCCCCCCCCC. The van der Waals surface area contributed by atoms with E-state index < -0.39 is 0 Å². The first-order chi connectivity index (χ1) is 33.2. The van der Waals surface area contributed by atoms with Crippen molar-refractivity contribution >= 4 is 11.9 Å². The third-order valence-corrected chi connectivity index (χ3v) is 10.7. The van der Waals surface area contributed by atoms with E-state index in [9.17, 15) is 9.59 Å². The largest absolute Gasteiger partial charge is 0.463 e. The van der Waals surface area contributed by atoms with Crippen LogP contribution in [0.4, 0.5) is 0 Å². The Morgan fingerprint density at radius 3 is 0.537 bits per heavy atom. The predicted octanol–water partition coefficient (Wildman–Crippen LogP) is 9.66. The van der Waals surface area contributed by atoms with Gasteiger partial charge >= 0.3 is 11.9 Å². The van der Waals surface area contributed by atoms with Gasteiger partial charge in [0.25, 0.3) is 0 Å². The van der Waals surface area contributed by atoms with Crippen LogP contribution >= 0.6 is 0 Å². The molecule has 0 heterocycles. The lowest BCUT2D eigenvalue weighted by Gasteiger charge is -2.09. The third kappa shape index (κ3) is 60.6. The molecule has 0 saturated heterocycles. The molecule has 0 aliphatic heterocycles. The van der Waals surface area contributed by atoms with Crippen LogP contribution in [0, 0.1) is 0 Å². The van der Waals surface area contributed by atoms with Crippen LogP contribution in [0.15, 0.2) is 0 Å². The topological polar surface area (TPSA) is 154 Å². The zero-order chi connectivity index (χ0) is 48.3. The van der Waals surface area contributed by atoms with Crippen molar-refractivity contribution in [3.8, 4) is 0 Å². The van der Waals surface area contributed by atoms with Crippen molar-refractivity contribution in [2.45, 2.75) is 168 Å². The molecule has 0 fully saturated rings. The van der Waals surface area contributed by atoms with Gasteiger partial charge in [-0.15, -0.1) is 0 Å². The van der Waals surface area contributed by atoms with E-state index in [1.165, 1.54) is 116 Å². The molecule has 0 radical (unpaired) electrons.